The summed E-state index contributed by atoms with van der Waals surface area (Å²) in [6.45, 7) is 0. The van der Waals surface area contributed by atoms with Gasteiger partial charge in [-0.3, -0.25) is 4.79 Å². The average molecular weight is 266 g/mol. The van der Waals surface area contributed by atoms with E-state index in [9.17, 15) is 22.4 Å². The number of methoxy groups -OCH3 is 1. The fourth-order valence-electron chi connectivity index (χ4n) is 1.43. The highest BCUT2D eigenvalue weighted by molar-refractivity contribution is 5.69. The molecule has 1 N–H and O–H groups in total. The Hall–Kier alpha value is -1.79. The van der Waals surface area contributed by atoms with E-state index in [4.69, 9.17) is 9.84 Å². The predicted octanol–water partition coefficient (Wildman–Crippen LogP) is 2.90. The maximum Gasteiger partial charge on any atom is 0.427 e. The number of aliphatic carboxylic acids is 1. The molecule has 0 saturated carbocycles. The van der Waals surface area contributed by atoms with Crippen molar-refractivity contribution in [1.82, 2.24) is 0 Å². The standard InChI is InChI=1S/C11H10F4O3/c1-18-8-4-2-7(3-5-8)10(12,6-9(16)17)11(13,14)15/h2-5H,6H2,1H3,(H,16,17). The molecule has 1 unspecified atom stereocenters. The van der Waals surface area contributed by atoms with Crippen molar-refractivity contribution in [1.29, 1.82) is 0 Å². The highest BCUT2D eigenvalue weighted by Crippen LogP contribution is 2.45. The first-order valence-corrected chi connectivity index (χ1v) is 4.82. The Labute approximate surface area is 100.0 Å². The molecule has 18 heavy (non-hydrogen) atoms. The lowest BCUT2D eigenvalue weighted by molar-refractivity contribution is -0.239. The molecule has 0 aliphatic rings. The van der Waals surface area contributed by atoms with E-state index in [1.807, 2.05) is 0 Å². The van der Waals surface area contributed by atoms with Crippen LogP contribution in [0.2, 0.25) is 0 Å². The average Bonchev–Trinajstić information content (AvgIpc) is 2.26. The molecule has 0 bridgehead atoms. The summed E-state index contributed by atoms with van der Waals surface area (Å²) in [6, 6.07) is 3.99. The predicted molar refractivity (Wildman–Crippen MR) is 54.1 cm³/mol. The minimum absolute atomic E-state index is 0.249. The molecule has 0 aromatic heterocycles. The van der Waals surface area contributed by atoms with E-state index in [-0.39, 0.29) is 5.75 Å². The van der Waals surface area contributed by atoms with Crippen molar-refractivity contribution in [3.63, 3.8) is 0 Å². The SMILES string of the molecule is COc1ccc(C(F)(CC(=O)O)C(F)(F)F)cc1. The summed E-state index contributed by atoms with van der Waals surface area (Å²) < 4.78 is 56.7. The van der Waals surface area contributed by atoms with Crippen LogP contribution < -0.4 is 4.74 Å². The molecule has 0 fully saturated rings. The van der Waals surface area contributed by atoms with E-state index in [1.54, 1.807) is 0 Å². The zero-order valence-electron chi connectivity index (χ0n) is 9.29. The third-order valence-electron chi connectivity index (χ3n) is 2.39. The molecular weight excluding hydrogens is 256 g/mol. The lowest BCUT2D eigenvalue weighted by Gasteiger charge is -2.26. The summed E-state index contributed by atoms with van der Waals surface area (Å²) in [5.74, 6) is -1.62. The van der Waals surface area contributed by atoms with E-state index in [2.05, 4.69) is 0 Å². The largest absolute Gasteiger partial charge is 0.497 e. The van der Waals surface area contributed by atoms with Crippen molar-refractivity contribution in [3.05, 3.63) is 29.8 Å². The summed E-state index contributed by atoms with van der Waals surface area (Å²) in [6.07, 6.45) is -6.98. The smallest absolute Gasteiger partial charge is 0.427 e. The van der Waals surface area contributed by atoms with E-state index in [0.29, 0.717) is 0 Å². The quantitative estimate of drug-likeness (QED) is 0.852. The van der Waals surface area contributed by atoms with Gasteiger partial charge in [-0.25, -0.2) is 4.39 Å². The number of hydrogen-bond acceptors (Lipinski definition) is 2. The van der Waals surface area contributed by atoms with Crippen LogP contribution in [-0.4, -0.2) is 24.4 Å². The summed E-state index contributed by atoms with van der Waals surface area (Å²) in [5, 5.41) is 8.41. The Morgan fingerprint density at radius 3 is 2.06 bits per heavy atom. The maximum absolute atomic E-state index is 14.0. The molecule has 0 aliphatic carbocycles. The third kappa shape index (κ3) is 2.72. The summed E-state index contributed by atoms with van der Waals surface area (Å²) in [7, 11) is 1.30. The van der Waals surface area contributed by atoms with E-state index in [0.717, 1.165) is 24.3 Å². The van der Waals surface area contributed by atoms with Crippen molar-refractivity contribution in [2.45, 2.75) is 18.3 Å². The van der Waals surface area contributed by atoms with Crippen LogP contribution in [0.5, 0.6) is 5.75 Å². The topological polar surface area (TPSA) is 46.5 Å². The minimum Gasteiger partial charge on any atom is -0.497 e. The van der Waals surface area contributed by atoms with Crippen LogP contribution >= 0.6 is 0 Å². The molecule has 0 spiro atoms. The van der Waals surface area contributed by atoms with Gasteiger partial charge in [-0.15, -0.1) is 0 Å². The molecule has 0 aliphatic heterocycles. The highest BCUT2D eigenvalue weighted by Gasteiger charge is 2.58. The lowest BCUT2D eigenvalue weighted by atomic mass is 9.91. The monoisotopic (exact) mass is 266 g/mol. The number of ether oxygens (including phenoxy) is 1. The van der Waals surface area contributed by atoms with E-state index < -0.39 is 29.8 Å². The van der Waals surface area contributed by atoms with Gasteiger partial charge in [-0.05, 0) is 17.7 Å². The zero-order valence-corrected chi connectivity index (χ0v) is 9.29. The molecule has 1 rings (SSSR count). The number of benzene rings is 1. The van der Waals surface area contributed by atoms with Crippen molar-refractivity contribution < 1.29 is 32.2 Å². The van der Waals surface area contributed by atoms with Crippen LogP contribution in [0.15, 0.2) is 24.3 Å². The first kappa shape index (κ1) is 14.3. The number of carboxylic acid groups (broad SMARTS) is 1. The Balaban J connectivity index is 3.21. The van der Waals surface area contributed by atoms with Crippen LogP contribution in [0.1, 0.15) is 12.0 Å². The molecule has 0 amide bonds. The summed E-state index contributed by atoms with van der Waals surface area (Å²) >= 11 is 0. The molecule has 7 heteroatoms. The third-order valence-corrected chi connectivity index (χ3v) is 2.39. The van der Waals surface area contributed by atoms with Crippen molar-refractivity contribution in [3.8, 4) is 5.75 Å². The van der Waals surface area contributed by atoms with Gasteiger partial charge in [-0.2, -0.15) is 13.2 Å². The Kier molecular flexibility index (Phi) is 3.83. The second kappa shape index (κ2) is 4.83. The Morgan fingerprint density at radius 1 is 1.22 bits per heavy atom. The molecule has 0 saturated heterocycles. The van der Waals surface area contributed by atoms with Crippen molar-refractivity contribution in [2.24, 2.45) is 0 Å². The van der Waals surface area contributed by atoms with Crippen LogP contribution in [-0.2, 0) is 10.5 Å². The van der Waals surface area contributed by atoms with Crippen molar-refractivity contribution in [2.75, 3.05) is 7.11 Å². The lowest BCUT2D eigenvalue weighted by Crippen LogP contribution is -2.40. The second-order valence-electron chi connectivity index (χ2n) is 3.60. The molecule has 3 nitrogen and oxygen atoms in total. The van der Waals surface area contributed by atoms with Gasteiger partial charge in [0, 0.05) is 0 Å². The number of rotatable bonds is 4. The number of halogens is 4. The Bertz CT molecular complexity index is 427. The van der Waals surface area contributed by atoms with Crippen LogP contribution in [0.4, 0.5) is 17.6 Å². The minimum atomic E-state index is -5.31. The van der Waals surface area contributed by atoms with Gasteiger partial charge in [0.25, 0.3) is 0 Å². The van der Waals surface area contributed by atoms with Gasteiger partial charge in [-0.1, -0.05) is 12.1 Å². The number of hydrogen-bond donors (Lipinski definition) is 1. The van der Waals surface area contributed by atoms with Gasteiger partial charge >= 0.3 is 12.1 Å². The zero-order chi connectivity index (χ0) is 14.0. The molecule has 0 heterocycles. The summed E-state index contributed by atoms with van der Waals surface area (Å²) in [4.78, 5) is 10.4. The number of carbonyl (C=O) groups is 1. The van der Waals surface area contributed by atoms with Crippen LogP contribution in [0.25, 0.3) is 0 Å². The maximum atomic E-state index is 14.0. The second-order valence-corrected chi connectivity index (χ2v) is 3.60. The molecule has 100 valence electrons. The van der Waals surface area contributed by atoms with Gasteiger partial charge in [0.05, 0.1) is 13.5 Å². The van der Waals surface area contributed by atoms with E-state index in [1.165, 1.54) is 7.11 Å². The van der Waals surface area contributed by atoms with Crippen LogP contribution in [0, 0.1) is 0 Å². The fraction of sp³-hybridized carbons (Fsp3) is 0.364. The van der Waals surface area contributed by atoms with Gasteiger partial charge in [0.1, 0.15) is 5.75 Å². The van der Waals surface area contributed by atoms with E-state index >= 15 is 0 Å². The van der Waals surface area contributed by atoms with Gasteiger partial charge in [0.2, 0.25) is 5.67 Å². The molecule has 1 aromatic carbocycles. The first-order chi connectivity index (χ1) is 8.20. The molecular formula is C11H10F4O3. The Morgan fingerprint density at radius 2 is 1.72 bits per heavy atom. The normalized spacial score (nSPS) is 14.9. The number of carboxylic acids is 1. The van der Waals surface area contributed by atoms with Crippen molar-refractivity contribution >= 4 is 5.97 Å². The summed E-state index contributed by atoms with van der Waals surface area (Å²) in [5.41, 5.74) is -4.68. The van der Waals surface area contributed by atoms with Gasteiger partial charge < -0.3 is 9.84 Å². The fourth-order valence-corrected chi connectivity index (χ4v) is 1.43. The van der Waals surface area contributed by atoms with Gasteiger partial charge in [0.15, 0.2) is 0 Å². The molecule has 0 radical (unpaired) electrons. The molecule has 1 atom stereocenters. The first-order valence-electron chi connectivity index (χ1n) is 4.82. The van der Waals surface area contributed by atoms with Crippen LogP contribution in [0.3, 0.4) is 0 Å². The number of alkyl halides is 4. The highest BCUT2D eigenvalue weighted by atomic mass is 19.4. The molecule has 1 aromatic rings.